The van der Waals surface area contributed by atoms with Crippen molar-refractivity contribution in [3.63, 3.8) is 0 Å². The number of tetrazole rings is 1. The fourth-order valence-corrected chi connectivity index (χ4v) is 5.38. The van der Waals surface area contributed by atoms with Crippen molar-refractivity contribution >= 4 is 22.5 Å². The molecule has 0 atom stereocenters. The third-order valence-corrected chi connectivity index (χ3v) is 7.17. The zero-order valence-corrected chi connectivity index (χ0v) is 21.2. The normalized spacial score (nSPS) is 11.4. The van der Waals surface area contributed by atoms with Crippen molar-refractivity contribution in [2.75, 3.05) is 0 Å². The number of benzene rings is 2. The van der Waals surface area contributed by atoms with Gasteiger partial charge in [0.05, 0.1) is 6.54 Å². The average Bonchev–Trinajstić information content (AvgIpc) is 3.66. The van der Waals surface area contributed by atoms with Crippen LogP contribution in [0.25, 0.3) is 44.8 Å². The first-order valence-corrected chi connectivity index (χ1v) is 12.9. The fraction of sp³-hybridized carbons (Fsp3) is 0.179. The van der Waals surface area contributed by atoms with E-state index in [-0.39, 0.29) is 0 Å². The molecule has 6 rings (SSSR count). The van der Waals surface area contributed by atoms with Gasteiger partial charge in [0.1, 0.15) is 11.3 Å². The van der Waals surface area contributed by atoms with Crippen molar-refractivity contribution in [1.82, 2.24) is 35.2 Å². The summed E-state index contributed by atoms with van der Waals surface area (Å²) in [5.74, 6) is 1.64. The second-order valence-electron chi connectivity index (χ2n) is 8.93. The highest BCUT2D eigenvalue weighted by Gasteiger charge is 2.16. The highest BCUT2D eigenvalue weighted by molar-refractivity contribution is 7.08. The van der Waals surface area contributed by atoms with Crippen LogP contribution in [0.3, 0.4) is 0 Å². The van der Waals surface area contributed by atoms with E-state index >= 15 is 0 Å². The summed E-state index contributed by atoms with van der Waals surface area (Å²) in [5.41, 5.74) is 10.8. The summed E-state index contributed by atoms with van der Waals surface area (Å²) in [6.07, 6.45) is 0.858. The van der Waals surface area contributed by atoms with E-state index in [0.717, 1.165) is 57.9 Å². The third-order valence-electron chi connectivity index (χ3n) is 6.48. The minimum atomic E-state index is 0.584. The van der Waals surface area contributed by atoms with E-state index in [9.17, 15) is 0 Å². The van der Waals surface area contributed by atoms with Crippen LogP contribution in [0.5, 0.6) is 0 Å². The van der Waals surface area contributed by atoms with Crippen molar-refractivity contribution in [3.05, 3.63) is 88.0 Å². The van der Waals surface area contributed by atoms with Crippen LogP contribution in [0.2, 0.25) is 0 Å². The van der Waals surface area contributed by atoms with Crippen LogP contribution in [0.1, 0.15) is 29.6 Å². The quantitative estimate of drug-likeness (QED) is 0.298. The van der Waals surface area contributed by atoms with Gasteiger partial charge in [0, 0.05) is 17.7 Å². The average molecular weight is 492 g/mol. The predicted octanol–water partition coefficient (Wildman–Crippen LogP) is 6.23. The number of nitrogens with zero attached hydrogens (tertiary/aromatic N) is 6. The van der Waals surface area contributed by atoms with E-state index in [0.29, 0.717) is 5.82 Å². The molecule has 0 bridgehead atoms. The van der Waals surface area contributed by atoms with Crippen LogP contribution in [-0.4, -0.2) is 35.2 Å². The van der Waals surface area contributed by atoms with Crippen molar-refractivity contribution in [2.45, 2.75) is 33.7 Å². The second kappa shape index (κ2) is 9.13. The standard InChI is InChI=1S/C28H25N7S/c1-4-25-30-26-17(2)13-18(3)29-28(26)35(25)15-19-5-7-20(8-6-19)24-14-21(22-11-12-36-16-22)9-10-23(24)27-31-33-34-32-27/h5-14,16H,4,15H2,1-3H3,(H,31,32,33,34). The molecular formula is C28H25N7S. The minimum Gasteiger partial charge on any atom is -0.308 e. The maximum absolute atomic E-state index is 4.89. The predicted molar refractivity (Wildman–Crippen MR) is 144 cm³/mol. The largest absolute Gasteiger partial charge is 0.308 e. The number of hydrogen-bond acceptors (Lipinski definition) is 6. The first-order chi connectivity index (χ1) is 17.6. The van der Waals surface area contributed by atoms with Crippen LogP contribution in [0, 0.1) is 13.8 Å². The first-order valence-electron chi connectivity index (χ1n) is 11.9. The van der Waals surface area contributed by atoms with E-state index in [2.05, 4.69) is 104 Å². The third kappa shape index (κ3) is 3.99. The van der Waals surface area contributed by atoms with Crippen LogP contribution in [-0.2, 0) is 13.0 Å². The van der Waals surface area contributed by atoms with Gasteiger partial charge >= 0.3 is 0 Å². The summed E-state index contributed by atoms with van der Waals surface area (Å²) in [6, 6.07) is 19.3. The Labute approximate surface area is 212 Å². The molecule has 0 unspecified atom stereocenters. The molecule has 2 aromatic carbocycles. The lowest BCUT2D eigenvalue weighted by molar-refractivity contribution is 0.745. The molecule has 0 radical (unpaired) electrons. The molecule has 0 saturated heterocycles. The summed E-state index contributed by atoms with van der Waals surface area (Å²) in [5, 5.41) is 19.1. The number of thiophene rings is 1. The number of rotatable bonds is 6. The molecule has 0 aliphatic carbocycles. The lowest BCUT2D eigenvalue weighted by Crippen LogP contribution is -2.05. The molecule has 0 aliphatic rings. The molecule has 178 valence electrons. The molecule has 1 N–H and O–H groups in total. The van der Waals surface area contributed by atoms with E-state index in [1.54, 1.807) is 11.3 Å². The summed E-state index contributed by atoms with van der Waals surface area (Å²) in [6.45, 7) is 7.01. The lowest BCUT2D eigenvalue weighted by atomic mass is 9.94. The van der Waals surface area contributed by atoms with Gasteiger partial charge in [-0.25, -0.2) is 9.97 Å². The second-order valence-corrected chi connectivity index (χ2v) is 9.71. The number of fused-ring (bicyclic) bond motifs is 1. The molecule has 0 amide bonds. The Morgan fingerprint density at radius 2 is 1.72 bits per heavy atom. The Bertz CT molecular complexity index is 1650. The Kier molecular flexibility index (Phi) is 5.65. The van der Waals surface area contributed by atoms with E-state index in [1.165, 1.54) is 16.7 Å². The molecule has 4 heterocycles. The van der Waals surface area contributed by atoms with Crippen molar-refractivity contribution in [1.29, 1.82) is 0 Å². The molecular weight excluding hydrogens is 466 g/mol. The van der Waals surface area contributed by atoms with Crippen molar-refractivity contribution in [2.24, 2.45) is 0 Å². The summed E-state index contributed by atoms with van der Waals surface area (Å²) < 4.78 is 2.24. The Balaban J connectivity index is 1.39. The SMILES string of the molecule is CCc1nc2c(C)cc(C)nc2n1Cc1ccc(-c2cc(-c3ccsc3)ccc2-c2nn[nH]n2)cc1. The van der Waals surface area contributed by atoms with Gasteiger partial charge in [0.2, 0.25) is 5.82 Å². The minimum absolute atomic E-state index is 0.584. The van der Waals surface area contributed by atoms with Gasteiger partial charge in [-0.05, 0) is 87.5 Å². The highest BCUT2D eigenvalue weighted by Crippen LogP contribution is 2.35. The van der Waals surface area contributed by atoms with E-state index < -0.39 is 0 Å². The molecule has 0 saturated carbocycles. The number of imidazole rings is 1. The van der Waals surface area contributed by atoms with Gasteiger partial charge in [0.25, 0.3) is 0 Å². The zero-order chi connectivity index (χ0) is 24.6. The van der Waals surface area contributed by atoms with Crippen LogP contribution >= 0.6 is 11.3 Å². The van der Waals surface area contributed by atoms with Crippen LogP contribution in [0.4, 0.5) is 0 Å². The first kappa shape index (κ1) is 22.3. The van der Waals surface area contributed by atoms with Gasteiger partial charge in [-0.2, -0.15) is 16.6 Å². The Morgan fingerprint density at radius 3 is 2.44 bits per heavy atom. The number of hydrogen-bond donors (Lipinski definition) is 1. The molecule has 0 aliphatic heterocycles. The summed E-state index contributed by atoms with van der Waals surface area (Å²) in [7, 11) is 0. The molecule has 0 fully saturated rings. The fourth-order valence-electron chi connectivity index (χ4n) is 4.72. The molecule has 36 heavy (non-hydrogen) atoms. The maximum Gasteiger partial charge on any atom is 0.205 e. The number of pyridine rings is 1. The molecule has 4 aromatic heterocycles. The number of aromatic amines is 1. The zero-order valence-electron chi connectivity index (χ0n) is 20.4. The molecule has 7 nitrogen and oxygen atoms in total. The van der Waals surface area contributed by atoms with Gasteiger partial charge in [-0.15, -0.1) is 10.2 Å². The number of H-pyrrole nitrogens is 1. The molecule has 8 heteroatoms. The summed E-state index contributed by atoms with van der Waals surface area (Å²) >= 11 is 1.69. The van der Waals surface area contributed by atoms with Crippen molar-refractivity contribution in [3.8, 4) is 33.6 Å². The smallest absolute Gasteiger partial charge is 0.205 e. The number of nitrogens with one attached hydrogen (secondary N) is 1. The van der Waals surface area contributed by atoms with Gasteiger partial charge in [-0.1, -0.05) is 37.3 Å². The maximum atomic E-state index is 4.89. The van der Waals surface area contributed by atoms with Gasteiger partial charge in [-0.3, -0.25) is 0 Å². The molecule has 6 aromatic rings. The van der Waals surface area contributed by atoms with Crippen molar-refractivity contribution < 1.29 is 0 Å². The Hall–Kier alpha value is -4.17. The molecule has 0 spiro atoms. The van der Waals surface area contributed by atoms with Gasteiger partial charge < -0.3 is 4.57 Å². The highest BCUT2D eigenvalue weighted by atomic mass is 32.1. The lowest BCUT2D eigenvalue weighted by Gasteiger charge is -2.12. The van der Waals surface area contributed by atoms with E-state index in [1.807, 2.05) is 6.92 Å². The van der Waals surface area contributed by atoms with Crippen LogP contribution < -0.4 is 0 Å². The van der Waals surface area contributed by atoms with Crippen LogP contribution in [0.15, 0.2) is 65.4 Å². The number of aromatic nitrogens is 7. The monoisotopic (exact) mass is 491 g/mol. The summed E-state index contributed by atoms with van der Waals surface area (Å²) in [4.78, 5) is 9.70. The van der Waals surface area contributed by atoms with Gasteiger partial charge in [0.15, 0.2) is 5.65 Å². The van der Waals surface area contributed by atoms with E-state index in [4.69, 9.17) is 9.97 Å². The number of aryl methyl sites for hydroxylation is 3. The topological polar surface area (TPSA) is 85.2 Å². The Morgan fingerprint density at radius 1 is 0.889 bits per heavy atom.